The number of ketones is 1. The van der Waals surface area contributed by atoms with E-state index in [-0.39, 0.29) is 5.56 Å². The van der Waals surface area contributed by atoms with Crippen LogP contribution in [0.3, 0.4) is 0 Å². The normalized spacial score (nSPS) is 11.5. The monoisotopic (exact) mass is 265 g/mol. The average Bonchev–Trinajstić information content (AvgIpc) is 2.08. The summed E-state index contributed by atoms with van der Waals surface area (Å²) in [6, 6.07) is 3.14. The molecule has 0 aliphatic heterocycles. The summed E-state index contributed by atoms with van der Waals surface area (Å²) in [5.41, 5.74) is 7.09. The van der Waals surface area contributed by atoms with Gasteiger partial charge in [0.05, 0.1) is 0 Å². The van der Waals surface area contributed by atoms with Crippen molar-refractivity contribution >= 4 is 46.3 Å². The molecular weight excluding hydrogens is 256 g/mol. The van der Waals surface area contributed by atoms with Gasteiger partial charge in [-0.05, 0) is 31.5 Å². The van der Waals surface area contributed by atoms with Crippen LogP contribution in [0.1, 0.15) is 22.8 Å². The molecule has 82 valence electrons. The van der Waals surface area contributed by atoms with Crippen LogP contribution in [0.4, 0.5) is 5.69 Å². The number of alkyl halides is 2. The number of aryl methyl sites for hydroxylation is 1. The van der Waals surface area contributed by atoms with E-state index in [0.717, 1.165) is 5.56 Å². The van der Waals surface area contributed by atoms with E-state index >= 15 is 0 Å². The Bertz CT molecular complexity index is 410. The fourth-order valence-electron chi connectivity index (χ4n) is 1.18. The van der Waals surface area contributed by atoms with E-state index in [2.05, 4.69) is 0 Å². The molecule has 0 heterocycles. The Kier molecular flexibility index (Phi) is 3.54. The molecule has 0 radical (unpaired) electrons. The van der Waals surface area contributed by atoms with Crippen LogP contribution in [0.5, 0.6) is 0 Å². The number of nitrogen functional groups attached to an aromatic ring is 1. The maximum Gasteiger partial charge on any atom is 0.200 e. The van der Waals surface area contributed by atoms with Crippen LogP contribution >= 0.6 is 34.8 Å². The van der Waals surface area contributed by atoms with Gasteiger partial charge in [-0.2, -0.15) is 0 Å². The highest BCUT2D eigenvalue weighted by molar-refractivity contribution is 6.59. The Morgan fingerprint density at radius 3 is 2.40 bits per heavy atom. The number of halogens is 3. The summed E-state index contributed by atoms with van der Waals surface area (Å²) in [6.07, 6.45) is 0. The Labute approximate surface area is 103 Å². The Hall–Kier alpha value is -0.440. The Morgan fingerprint density at radius 1 is 1.40 bits per heavy atom. The minimum atomic E-state index is -1.49. The van der Waals surface area contributed by atoms with Crippen molar-refractivity contribution in [3.05, 3.63) is 28.3 Å². The van der Waals surface area contributed by atoms with E-state index in [1.807, 2.05) is 0 Å². The Balaban J connectivity index is 3.32. The molecule has 0 saturated carbocycles. The first-order chi connectivity index (χ1) is 6.73. The van der Waals surface area contributed by atoms with E-state index in [1.165, 1.54) is 13.0 Å². The van der Waals surface area contributed by atoms with Gasteiger partial charge >= 0.3 is 0 Å². The number of carbonyl (C=O) groups excluding carboxylic acids is 1. The second kappa shape index (κ2) is 4.20. The van der Waals surface area contributed by atoms with Crippen LogP contribution in [0.25, 0.3) is 0 Å². The lowest BCUT2D eigenvalue weighted by Crippen LogP contribution is -2.23. The van der Waals surface area contributed by atoms with Crippen LogP contribution in [0, 0.1) is 6.92 Å². The molecule has 0 unspecified atom stereocenters. The Morgan fingerprint density at radius 2 is 1.93 bits per heavy atom. The van der Waals surface area contributed by atoms with Crippen molar-refractivity contribution in [1.82, 2.24) is 0 Å². The minimum absolute atomic E-state index is 0.257. The SMILES string of the molecule is Cc1cc(Cl)cc(C(=O)C(C)(Cl)Cl)c1N. The molecule has 5 heteroatoms. The van der Waals surface area contributed by atoms with Crippen LogP contribution in [0.2, 0.25) is 5.02 Å². The van der Waals surface area contributed by atoms with Gasteiger partial charge in [-0.1, -0.05) is 34.8 Å². The van der Waals surface area contributed by atoms with E-state index in [9.17, 15) is 4.79 Å². The summed E-state index contributed by atoms with van der Waals surface area (Å²) in [6.45, 7) is 3.16. The minimum Gasteiger partial charge on any atom is -0.398 e. The van der Waals surface area contributed by atoms with Crippen molar-refractivity contribution in [3.8, 4) is 0 Å². The molecular formula is C10H10Cl3NO. The summed E-state index contributed by atoms with van der Waals surface area (Å²) in [5.74, 6) is -0.450. The molecule has 0 bridgehead atoms. The standard InChI is InChI=1S/C10H10Cl3NO/c1-5-3-6(11)4-7(8(5)14)9(15)10(2,12)13/h3-4H,14H2,1-2H3. The molecule has 0 aromatic heterocycles. The quantitative estimate of drug-likeness (QED) is 0.505. The van der Waals surface area contributed by atoms with Gasteiger partial charge in [0.1, 0.15) is 0 Å². The van der Waals surface area contributed by atoms with Gasteiger partial charge in [-0.15, -0.1) is 0 Å². The first-order valence-electron chi connectivity index (χ1n) is 4.21. The molecule has 0 fully saturated rings. The molecule has 0 atom stereocenters. The number of anilines is 1. The number of rotatable bonds is 2. The van der Waals surface area contributed by atoms with Crippen LogP contribution in [-0.2, 0) is 0 Å². The summed E-state index contributed by atoms with van der Waals surface area (Å²) >= 11 is 17.2. The zero-order valence-electron chi connectivity index (χ0n) is 8.27. The lowest BCUT2D eigenvalue weighted by atomic mass is 10.0. The molecule has 1 aromatic carbocycles. The van der Waals surface area contributed by atoms with Crippen molar-refractivity contribution in [2.75, 3.05) is 5.73 Å². The smallest absolute Gasteiger partial charge is 0.200 e. The number of hydrogen-bond acceptors (Lipinski definition) is 2. The highest BCUT2D eigenvalue weighted by Crippen LogP contribution is 2.31. The topological polar surface area (TPSA) is 43.1 Å². The number of carbonyl (C=O) groups is 1. The largest absolute Gasteiger partial charge is 0.398 e. The second-order valence-electron chi connectivity index (χ2n) is 3.40. The molecule has 0 saturated heterocycles. The average molecular weight is 267 g/mol. The molecule has 2 nitrogen and oxygen atoms in total. The zero-order valence-corrected chi connectivity index (χ0v) is 10.5. The maximum absolute atomic E-state index is 11.8. The first kappa shape index (κ1) is 12.6. The third kappa shape index (κ3) is 2.77. The number of hydrogen-bond donors (Lipinski definition) is 1. The summed E-state index contributed by atoms with van der Waals surface area (Å²) < 4.78 is -1.49. The van der Waals surface area contributed by atoms with Gasteiger partial charge in [0.2, 0.25) is 5.78 Å². The molecule has 15 heavy (non-hydrogen) atoms. The van der Waals surface area contributed by atoms with E-state index in [1.54, 1.807) is 13.0 Å². The lowest BCUT2D eigenvalue weighted by Gasteiger charge is -2.15. The van der Waals surface area contributed by atoms with Crippen molar-refractivity contribution in [2.24, 2.45) is 0 Å². The summed E-state index contributed by atoms with van der Waals surface area (Å²) in [7, 11) is 0. The predicted molar refractivity (Wildman–Crippen MR) is 65.0 cm³/mol. The van der Waals surface area contributed by atoms with Crippen molar-refractivity contribution in [1.29, 1.82) is 0 Å². The second-order valence-corrected chi connectivity index (χ2v) is 5.54. The predicted octanol–water partition coefficient (Wildman–Crippen LogP) is 3.61. The van der Waals surface area contributed by atoms with E-state index in [4.69, 9.17) is 40.5 Å². The molecule has 1 rings (SSSR count). The van der Waals surface area contributed by atoms with E-state index in [0.29, 0.717) is 10.7 Å². The van der Waals surface area contributed by atoms with E-state index < -0.39 is 10.1 Å². The van der Waals surface area contributed by atoms with Crippen molar-refractivity contribution in [2.45, 2.75) is 18.2 Å². The maximum atomic E-state index is 11.8. The van der Waals surface area contributed by atoms with Crippen LogP contribution < -0.4 is 5.73 Å². The third-order valence-electron chi connectivity index (χ3n) is 1.99. The van der Waals surface area contributed by atoms with Gasteiger partial charge in [0, 0.05) is 16.3 Å². The number of Topliss-reactive ketones (excluding diaryl/α,β-unsaturated/α-hetero) is 1. The van der Waals surface area contributed by atoms with Crippen LogP contribution in [0.15, 0.2) is 12.1 Å². The molecule has 0 spiro atoms. The zero-order chi connectivity index (χ0) is 11.8. The lowest BCUT2D eigenvalue weighted by molar-refractivity contribution is 0.0979. The first-order valence-corrected chi connectivity index (χ1v) is 5.35. The third-order valence-corrected chi connectivity index (χ3v) is 2.56. The molecule has 0 aliphatic rings. The fraction of sp³-hybridized carbons (Fsp3) is 0.300. The van der Waals surface area contributed by atoms with Gasteiger partial charge in [-0.25, -0.2) is 0 Å². The number of benzene rings is 1. The van der Waals surface area contributed by atoms with Crippen molar-refractivity contribution in [3.63, 3.8) is 0 Å². The van der Waals surface area contributed by atoms with Gasteiger partial charge in [-0.3, -0.25) is 4.79 Å². The van der Waals surface area contributed by atoms with Crippen molar-refractivity contribution < 1.29 is 4.79 Å². The van der Waals surface area contributed by atoms with Gasteiger partial charge < -0.3 is 5.73 Å². The number of nitrogens with two attached hydrogens (primary N) is 1. The highest BCUT2D eigenvalue weighted by atomic mass is 35.5. The van der Waals surface area contributed by atoms with Gasteiger partial charge in [0.15, 0.2) is 4.33 Å². The molecule has 0 amide bonds. The van der Waals surface area contributed by atoms with Gasteiger partial charge in [0.25, 0.3) is 0 Å². The van der Waals surface area contributed by atoms with Crippen LogP contribution in [-0.4, -0.2) is 10.1 Å². The summed E-state index contributed by atoms with van der Waals surface area (Å²) in [5, 5.41) is 0.433. The molecule has 1 aromatic rings. The highest BCUT2D eigenvalue weighted by Gasteiger charge is 2.30. The molecule has 2 N–H and O–H groups in total. The molecule has 0 aliphatic carbocycles. The summed E-state index contributed by atoms with van der Waals surface area (Å²) in [4.78, 5) is 11.8. The fourth-order valence-corrected chi connectivity index (χ4v) is 1.66.